The van der Waals surface area contributed by atoms with Gasteiger partial charge in [-0.1, -0.05) is 0 Å². The average molecular weight is 311 g/mol. The first kappa shape index (κ1) is 15.9. The number of rotatable bonds is 2. The van der Waals surface area contributed by atoms with E-state index in [1.807, 2.05) is 19.9 Å². The van der Waals surface area contributed by atoms with Crippen LogP contribution in [0.3, 0.4) is 0 Å². The number of thiophene rings is 1. The van der Waals surface area contributed by atoms with Gasteiger partial charge in [-0.3, -0.25) is 0 Å². The molecule has 104 valence electrons. The van der Waals surface area contributed by atoms with E-state index in [9.17, 15) is 8.42 Å². The Hall–Kier alpha value is -0.140. The Morgan fingerprint density at radius 3 is 2.61 bits per heavy atom. The Morgan fingerprint density at radius 2 is 2.11 bits per heavy atom. The molecule has 0 spiro atoms. The second-order valence-electron chi connectivity index (χ2n) is 4.59. The molecular weight excluding hydrogens is 292 g/mol. The van der Waals surface area contributed by atoms with Crippen LogP contribution in [0.4, 0.5) is 0 Å². The average Bonchev–Trinajstić information content (AvgIpc) is 2.58. The normalized spacial score (nSPS) is 21.6. The van der Waals surface area contributed by atoms with Gasteiger partial charge in [0.05, 0.1) is 0 Å². The molecule has 0 aliphatic carbocycles. The van der Waals surface area contributed by atoms with Crippen LogP contribution >= 0.6 is 23.7 Å². The van der Waals surface area contributed by atoms with Crippen LogP contribution in [0.5, 0.6) is 0 Å². The number of aryl methyl sites for hydroxylation is 2. The fraction of sp³-hybridized carbons (Fsp3) is 0.636. The standard InChI is InChI=1S/C11H18N2O2S2.ClH/c1-8-6-9(2)16-11(8)17(14,15)13-5-3-4-10(12)7-13;/h6,10H,3-5,7,12H2,1-2H3;1H/t10-;/m1./s1. The first-order chi connectivity index (χ1) is 7.91. The van der Waals surface area contributed by atoms with E-state index in [0.29, 0.717) is 17.3 Å². The predicted octanol–water partition coefficient (Wildman–Crippen LogP) is 1.90. The molecule has 1 saturated heterocycles. The van der Waals surface area contributed by atoms with Crippen LogP contribution in [0.25, 0.3) is 0 Å². The zero-order chi connectivity index (χ0) is 12.6. The van der Waals surface area contributed by atoms with Crippen molar-refractivity contribution in [2.45, 2.75) is 36.9 Å². The lowest BCUT2D eigenvalue weighted by Gasteiger charge is -2.29. The smallest absolute Gasteiger partial charge is 0.252 e. The minimum absolute atomic E-state index is 0. The molecule has 1 aliphatic heterocycles. The second-order valence-corrected chi connectivity index (χ2v) is 7.98. The molecule has 1 aromatic rings. The first-order valence-electron chi connectivity index (χ1n) is 5.74. The summed E-state index contributed by atoms with van der Waals surface area (Å²) in [6.07, 6.45) is 1.76. The molecule has 2 heterocycles. The van der Waals surface area contributed by atoms with Gasteiger partial charge in [-0.2, -0.15) is 4.31 Å². The van der Waals surface area contributed by atoms with Crippen molar-refractivity contribution in [2.24, 2.45) is 5.73 Å². The summed E-state index contributed by atoms with van der Waals surface area (Å²) < 4.78 is 26.9. The lowest BCUT2D eigenvalue weighted by Crippen LogP contribution is -2.45. The van der Waals surface area contributed by atoms with Crippen LogP contribution in [0.2, 0.25) is 0 Å². The third kappa shape index (κ3) is 3.05. The van der Waals surface area contributed by atoms with E-state index in [1.54, 1.807) is 0 Å². The van der Waals surface area contributed by atoms with Crippen molar-refractivity contribution >= 4 is 33.8 Å². The van der Waals surface area contributed by atoms with Crippen LogP contribution in [0.1, 0.15) is 23.3 Å². The third-order valence-corrected chi connectivity index (χ3v) is 6.62. The van der Waals surface area contributed by atoms with Gasteiger partial charge in [0.1, 0.15) is 4.21 Å². The highest BCUT2D eigenvalue weighted by Gasteiger charge is 2.31. The minimum Gasteiger partial charge on any atom is -0.327 e. The molecule has 4 nitrogen and oxygen atoms in total. The molecule has 1 aromatic heterocycles. The largest absolute Gasteiger partial charge is 0.327 e. The summed E-state index contributed by atoms with van der Waals surface area (Å²) in [5.74, 6) is 0. The van der Waals surface area contributed by atoms with E-state index < -0.39 is 10.0 Å². The molecule has 0 bridgehead atoms. The number of hydrogen-bond acceptors (Lipinski definition) is 4. The lowest BCUT2D eigenvalue weighted by atomic mass is 10.1. The predicted molar refractivity (Wildman–Crippen MR) is 77.0 cm³/mol. The quantitative estimate of drug-likeness (QED) is 0.907. The summed E-state index contributed by atoms with van der Waals surface area (Å²) in [5, 5.41) is 0. The van der Waals surface area contributed by atoms with Crippen LogP contribution in [-0.4, -0.2) is 31.9 Å². The Balaban J connectivity index is 0.00000162. The van der Waals surface area contributed by atoms with Gasteiger partial charge in [-0.05, 0) is 38.3 Å². The van der Waals surface area contributed by atoms with Crippen molar-refractivity contribution < 1.29 is 8.42 Å². The Bertz CT molecular complexity index is 513. The Labute approximate surface area is 119 Å². The van der Waals surface area contributed by atoms with Gasteiger partial charge in [0.15, 0.2) is 0 Å². The van der Waals surface area contributed by atoms with E-state index in [-0.39, 0.29) is 18.4 Å². The molecule has 7 heteroatoms. The zero-order valence-electron chi connectivity index (χ0n) is 10.5. The third-order valence-electron chi connectivity index (χ3n) is 2.99. The molecule has 0 unspecified atom stereocenters. The summed E-state index contributed by atoms with van der Waals surface area (Å²) in [6, 6.07) is 1.89. The van der Waals surface area contributed by atoms with Crippen LogP contribution in [-0.2, 0) is 10.0 Å². The molecule has 0 saturated carbocycles. The van der Waals surface area contributed by atoms with E-state index in [1.165, 1.54) is 15.6 Å². The topological polar surface area (TPSA) is 63.4 Å². The molecule has 1 atom stereocenters. The van der Waals surface area contributed by atoms with Gasteiger partial charge >= 0.3 is 0 Å². The maximum Gasteiger partial charge on any atom is 0.252 e. The highest BCUT2D eigenvalue weighted by Crippen LogP contribution is 2.30. The van der Waals surface area contributed by atoms with Gasteiger partial charge in [0, 0.05) is 24.0 Å². The van der Waals surface area contributed by atoms with Crippen molar-refractivity contribution in [2.75, 3.05) is 13.1 Å². The van der Waals surface area contributed by atoms with Crippen LogP contribution < -0.4 is 5.73 Å². The number of hydrogen-bond donors (Lipinski definition) is 1. The number of piperidine rings is 1. The summed E-state index contributed by atoms with van der Waals surface area (Å²) in [6.45, 7) is 4.81. The Kier molecular flexibility index (Phi) is 5.20. The molecule has 0 aromatic carbocycles. The van der Waals surface area contributed by atoms with Gasteiger partial charge in [-0.15, -0.1) is 23.7 Å². The molecule has 0 radical (unpaired) electrons. The highest BCUT2D eigenvalue weighted by atomic mass is 35.5. The van der Waals surface area contributed by atoms with E-state index >= 15 is 0 Å². The summed E-state index contributed by atoms with van der Waals surface area (Å²) in [5.41, 5.74) is 6.68. The van der Waals surface area contributed by atoms with Crippen molar-refractivity contribution in [3.63, 3.8) is 0 Å². The maximum atomic E-state index is 12.4. The summed E-state index contributed by atoms with van der Waals surface area (Å²) >= 11 is 1.35. The molecule has 2 N–H and O–H groups in total. The molecule has 18 heavy (non-hydrogen) atoms. The molecule has 1 fully saturated rings. The van der Waals surface area contributed by atoms with Gasteiger partial charge in [0.2, 0.25) is 0 Å². The Morgan fingerprint density at radius 1 is 1.44 bits per heavy atom. The molecular formula is C11H19ClN2O2S2. The fourth-order valence-corrected chi connectivity index (χ4v) is 5.52. The van der Waals surface area contributed by atoms with E-state index in [2.05, 4.69) is 0 Å². The molecule has 1 aliphatic rings. The highest BCUT2D eigenvalue weighted by molar-refractivity contribution is 7.91. The maximum absolute atomic E-state index is 12.4. The molecule has 2 rings (SSSR count). The summed E-state index contributed by atoms with van der Waals surface area (Å²) in [4.78, 5) is 1.03. The lowest BCUT2D eigenvalue weighted by molar-refractivity contribution is 0.316. The van der Waals surface area contributed by atoms with Gasteiger partial charge in [-0.25, -0.2) is 8.42 Å². The van der Waals surface area contributed by atoms with Crippen molar-refractivity contribution in [1.29, 1.82) is 0 Å². The fourth-order valence-electron chi connectivity index (χ4n) is 2.19. The second kappa shape index (κ2) is 5.88. The number of halogens is 1. The van der Waals surface area contributed by atoms with Crippen molar-refractivity contribution in [3.05, 3.63) is 16.5 Å². The van der Waals surface area contributed by atoms with E-state index in [4.69, 9.17) is 5.73 Å². The van der Waals surface area contributed by atoms with Crippen LogP contribution in [0.15, 0.2) is 10.3 Å². The van der Waals surface area contributed by atoms with Crippen molar-refractivity contribution in [1.82, 2.24) is 4.31 Å². The SMILES string of the molecule is Cc1cc(C)c(S(=O)(=O)N2CCC[C@@H](N)C2)s1.Cl. The van der Waals surface area contributed by atoms with E-state index in [0.717, 1.165) is 23.3 Å². The first-order valence-corrected chi connectivity index (χ1v) is 7.99. The van der Waals surface area contributed by atoms with Gasteiger partial charge in [0.25, 0.3) is 10.0 Å². The number of nitrogens with zero attached hydrogens (tertiary/aromatic N) is 1. The monoisotopic (exact) mass is 310 g/mol. The molecule has 0 amide bonds. The summed E-state index contributed by atoms with van der Waals surface area (Å²) in [7, 11) is -3.33. The van der Waals surface area contributed by atoms with Gasteiger partial charge < -0.3 is 5.73 Å². The zero-order valence-corrected chi connectivity index (χ0v) is 13.0. The number of sulfonamides is 1. The van der Waals surface area contributed by atoms with Crippen molar-refractivity contribution in [3.8, 4) is 0 Å². The van der Waals surface area contributed by atoms with Crippen LogP contribution in [0, 0.1) is 13.8 Å². The number of nitrogens with two attached hydrogens (primary N) is 1. The minimum atomic E-state index is -3.33.